The van der Waals surface area contributed by atoms with Gasteiger partial charge in [-0.15, -0.1) is 11.8 Å². The lowest BCUT2D eigenvalue weighted by atomic mass is 10.1. The zero-order valence-corrected chi connectivity index (χ0v) is 12.2. The van der Waals surface area contributed by atoms with E-state index in [1.165, 1.54) is 16.0 Å². The van der Waals surface area contributed by atoms with Gasteiger partial charge in [0.1, 0.15) is 5.75 Å². The molecule has 2 heteroatoms. The molecule has 0 spiro atoms. The van der Waals surface area contributed by atoms with Crippen LogP contribution in [0.4, 0.5) is 0 Å². The van der Waals surface area contributed by atoms with Crippen LogP contribution in [0, 0.1) is 0 Å². The third-order valence-corrected chi connectivity index (χ3v) is 4.43. The van der Waals surface area contributed by atoms with Crippen LogP contribution in [0.15, 0.2) is 65.1 Å². The van der Waals surface area contributed by atoms with Crippen molar-refractivity contribution in [3.8, 4) is 5.75 Å². The van der Waals surface area contributed by atoms with Crippen LogP contribution < -0.4 is 4.74 Å². The molecule has 1 nitrogen and oxygen atoms in total. The first-order valence-corrected chi connectivity index (χ1v) is 7.59. The Morgan fingerprint density at radius 2 is 1.80 bits per heavy atom. The fraction of sp³-hybridized carbons (Fsp3) is 0.111. The average Bonchev–Trinajstić information content (AvgIpc) is 2.53. The van der Waals surface area contributed by atoms with Crippen molar-refractivity contribution in [2.24, 2.45) is 0 Å². The van der Waals surface area contributed by atoms with Gasteiger partial charge in [0.25, 0.3) is 0 Å². The van der Waals surface area contributed by atoms with Gasteiger partial charge in [-0.2, -0.15) is 0 Å². The minimum absolute atomic E-state index is 0.910. The van der Waals surface area contributed by atoms with Gasteiger partial charge in [-0.05, 0) is 29.3 Å². The molecule has 0 bridgehead atoms. The third-order valence-electron chi connectivity index (χ3n) is 3.27. The van der Waals surface area contributed by atoms with Gasteiger partial charge in [0.2, 0.25) is 0 Å². The van der Waals surface area contributed by atoms with Gasteiger partial charge in [-0.3, -0.25) is 0 Å². The molecule has 0 aliphatic carbocycles. The number of thioether (sulfide) groups is 1. The monoisotopic (exact) mass is 280 g/mol. The van der Waals surface area contributed by atoms with Gasteiger partial charge in [0, 0.05) is 16.2 Å². The van der Waals surface area contributed by atoms with E-state index in [9.17, 15) is 0 Å². The average molecular weight is 280 g/mol. The first-order valence-electron chi connectivity index (χ1n) is 6.60. The summed E-state index contributed by atoms with van der Waals surface area (Å²) in [6.45, 7) is 0. The minimum Gasteiger partial charge on any atom is -0.496 e. The number of hydrogen-bond donors (Lipinski definition) is 0. The van der Waals surface area contributed by atoms with E-state index in [0.717, 1.165) is 17.1 Å². The Kier molecular flexibility index (Phi) is 3.93. The second kappa shape index (κ2) is 6.02. The van der Waals surface area contributed by atoms with E-state index >= 15 is 0 Å². The summed E-state index contributed by atoms with van der Waals surface area (Å²) >= 11 is 1.89. The Morgan fingerprint density at radius 1 is 1.00 bits per heavy atom. The van der Waals surface area contributed by atoms with E-state index in [2.05, 4.69) is 48.6 Å². The Hall–Kier alpha value is -1.93. The number of fused-ring (bicyclic) bond motifs is 1. The zero-order chi connectivity index (χ0) is 13.8. The van der Waals surface area contributed by atoms with Gasteiger partial charge in [0.05, 0.1) is 7.11 Å². The molecule has 2 aromatic rings. The molecule has 2 aromatic carbocycles. The van der Waals surface area contributed by atoms with E-state index in [1.807, 2.05) is 30.0 Å². The second-order valence-electron chi connectivity index (χ2n) is 4.62. The highest BCUT2D eigenvalue weighted by Crippen LogP contribution is 2.32. The smallest absolute Gasteiger partial charge is 0.126 e. The number of ether oxygens (including phenoxy) is 1. The lowest BCUT2D eigenvalue weighted by Crippen LogP contribution is -1.93. The summed E-state index contributed by atoms with van der Waals surface area (Å²) in [6.07, 6.45) is 6.57. The SMILES string of the molecule is COc1ccccc1/C=C/C1=Cc2ccccc2SC1. The molecule has 100 valence electrons. The Balaban J connectivity index is 1.85. The quantitative estimate of drug-likeness (QED) is 0.791. The molecule has 1 aliphatic rings. The first kappa shape index (κ1) is 13.1. The van der Waals surface area contributed by atoms with Crippen molar-refractivity contribution in [3.63, 3.8) is 0 Å². The molecule has 0 radical (unpaired) electrons. The molecule has 0 fully saturated rings. The van der Waals surface area contributed by atoms with E-state index in [1.54, 1.807) is 7.11 Å². The topological polar surface area (TPSA) is 9.23 Å². The number of allylic oxidation sites excluding steroid dienone is 1. The van der Waals surface area contributed by atoms with Crippen molar-refractivity contribution >= 4 is 23.9 Å². The van der Waals surface area contributed by atoms with Gasteiger partial charge in [-0.1, -0.05) is 48.6 Å². The van der Waals surface area contributed by atoms with Gasteiger partial charge in [-0.25, -0.2) is 0 Å². The third kappa shape index (κ3) is 2.81. The second-order valence-corrected chi connectivity index (χ2v) is 5.64. The molecular weight excluding hydrogens is 264 g/mol. The molecule has 0 saturated carbocycles. The van der Waals surface area contributed by atoms with Crippen LogP contribution in [0.25, 0.3) is 12.2 Å². The van der Waals surface area contributed by atoms with E-state index in [-0.39, 0.29) is 0 Å². The van der Waals surface area contributed by atoms with Crippen LogP contribution in [0.5, 0.6) is 5.75 Å². The number of para-hydroxylation sites is 1. The number of methoxy groups -OCH3 is 1. The highest BCUT2D eigenvalue weighted by atomic mass is 32.2. The van der Waals surface area contributed by atoms with Crippen molar-refractivity contribution in [1.29, 1.82) is 0 Å². The molecule has 0 unspecified atom stereocenters. The molecule has 0 amide bonds. The summed E-state index contributed by atoms with van der Waals surface area (Å²) in [7, 11) is 1.71. The number of rotatable bonds is 3. The van der Waals surface area contributed by atoms with Crippen LogP contribution in [-0.2, 0) is 0 Å². The zero-order valence-electron chi connectivity index (χ0n) is 11.4. The fourth-order valence-electron chi connectivity index (χ4n) is 2.23. The number of hydrogen-bond acceptors (Lipinski definition) is 2. The fourth-order valence-corrected chi connectivity index (χ4v) is 3.20. The van der Waals surface area contributed by atoms with Gasteiger partial charge < -0.3 is 4.74 Å². The van der Waals surface area contributed by atoms with Crippen LogP contribution >= 0.6 is 11.8 Å². The maximum absolute atomic E-state index is 5.37. The summed E-state index contributed by atoms with van der Waals surface area (Å²) in [6, 6.07) is 16.6. The van der Waals surface area contributed by atoms with E-state index < -0.39 is 0 Å². The van der Waals surface area contributed by atoms with Crippen LogP contribution in [-0.4, -0.2) is 12.9 Å². The highest BCUT2D eigenvalue weighted by molar-refractivity contribution is 7.99. The predicted octanol–water partition coefficient (Wildman–Crippen LogP) is 4.90. The minimum atomic E-state index is 0.910. The lowest BCUT2D eigenvalue weighted by Gasteiger charge is -2.13. The van der Waals surface area contributed by atoms with Crippen LogP contribution in [0.1, 0.15) is 11.1 Å². The van der Waals surface area contributed by atoms with Crippen LogP contribution in [0.2, 0.25) is 0 Å². The van der Waals surface area contributed by atoms with E-state index in [4.69, 9.17) is 4.74 Å². The maximum Gasteiger partial charge on any atom is 0.126 e. The summed E-state index contributed by atoms with van der Waals surface area (Å²) < 4.78 is 5.37. The molecule has 20 heavy (non-hydrogen) atoms. The van der Waals surface area contributed by atoms with Gasteiger partial charge in [0.15, 0.2) is 0 Å². The maximum atomic E-state index is 5.37. The molecule has 3 rings (SSSR count). The largest absolute Gasteiger partial charge is 0.496 e. The molecule has 0 saturated heterocycles. The highest BCUT2D eigenvalue weighted by Gasteiger charge is 2.08. The summed E-state index contributed by atoms with van der Waals surface area (Å²) in [5.74, 6) is 1.93. The van der Waals surface area contributed by atoms with Crippen molar-refractivity contribution < 1.29 is 4.74 Å². The first-order chi connectivity index (χ1) is 9.86. The number of benzene rings is 2. The van der Waals surface area contributed by atoms with Gasteiger partial charge >= 0.3 is 0 Å². The lowest BCUT2D eigenvalue weighted by molar-refractivity contribution is 0.414. The Morgan fingerprint density at radius 3 is 2.70 bits per heavy atom. The Bertz CT molecular complexity index is 671. The van der Waals surface area contributed by atoms with Crippen molar-refractivity contribution in [2.75, 3.05) is 12.9 Å². The van der Waals surface area contributed by atoms with Crippen molar-refractivity contribution in [1.82, 2.24) is 0 Å². The molecular formula is C18H16OS. The molecule has 0 atom stereocenters. The Labute approximate surface area is 124 Å². The standard InChI is InChI=1S/C18H16OS/c1-19-17-8-4-2-6-15(17)11-10-14-12-16-7-3-5-9-18(16)20-13-14/h2-12H,13H2,1H3/b11-10+. The molecule has 1 heterocycles. The van der Waals surface area contributed by atoms with Crippen molar-refractivity contribution in [2.45, 2.75) is 4.90 Å². The summed E-state index contributed by atoms with van der Waals surface area (Å²) in [5, 5.41) is 0. The predicted molar refractivity (Wildman–Crippen MR) is 87.2 cm³/mol. The molecule has 0 aromatic heterocycles. The normalized spacial score (nSPS) is 13.9. The molecule has 0 N–H and O–H groups in total. The van der Waals surface area contributed by atoms with Crippen molar-refractivity contribution in [3.05, 3.63) is 71.3 Å². The van der Waals surface area contributed by atoms with E-state index in [0.29, 0.717) is 0 Å². The molecule has 1 aliphatic heterocycles. The summed E-state index contributed by atoms with van der Waals surface area (Å²) in [5.41, 5.74) is 3.75. The van der Waals surface area contributed by atoms with Crippen LogP contribution in [0.3, 0.4) is 0 Å². The summed E-state index contributed by atoms with van der Waals surface area (Å²) in [4.78, 5) is 1.36.